The van der Waals surface area contributed by atoms with Gasteiger partial charge in [-0.25, -0.2) is 0 Å². The van der Waals surface area contributed by atoms with Crippen molar-refractivity contribution in [1.82, 2.24) is 9.79 Å². The van der Waals surface area contributed by atoms with Crippen LogP contribution in [-0.4, -0.2) is 40.7 Å². The highest BCUT2D eigenvalue weighted by Crippen LogP contribution is 2.37. The van der Waals surface area contributed by atoms with Gasteiger partial charge in [0.25, 0.3) is 5.91 Å². The van der Waals surface area contributed by atoms with E-state index in [1.807, 2.05) is 17.5 Å². The van der Waals surface area contributed by atoms with E-state index < -0.39 is 6.97 Å². The van der Waals surface area contributed by atoms with Crippen molar-refractivity contribution < 1.29 is 22.6 Å². The van der Waals surface area contributed by atoms with Gasteiger partial charge in [-0.1, -0.05) is 12.0 Å². The number of nitrogens with zero attached hydrogens (tertiary/aromatic N) is 2. The zero-order valence-corrected chi connectivity index (χ0v) is 18.2. The van der Waals surface area contributed by atoms with Crippen LogP contribution >= 0.6 is 11.3 Å². The monoisotopic (exact) mass is 461 g/mol. The third kappa shape index (κ3) is 3.68. The van der Waals surface area contributed by atoms with Crippen LogP contribution in [-0.2, 0) is 4.79 Å². The maximum Gasteiger partial charge on any atom is 0.737 e. The smallest absolute Gasteiger partial charge is 0.484 e. The number of halogens is 2. The summed E-state index contributed by atoms with van der Waals surface area (Å²) in [4.78, 5) is 12.4. The summed E-state index contributed by atoms with van der Waals surface area (Å²) < 4.78 is 39.6. The summed E-state index contributed by atoms with van der Waals surface area (Å²) in [6.07, 6.45) is 10.3. The predicted molar refractivity (Wildman–Crippen MR) is 126 cm³/mol. The minimum Gasteiger partial charge on any atom is -0.484 e. The standard InChI is InChI=1S/C24H18BF2N3O2S/c1-2-13-28-24(31)16-32-20-9-5-17(6-10-20)21-11-7-18-15-19-8-12-22(23-4-3-14-33-23)30(19)25(26,27)29(18)21/h1,3-12,14-15H,13,16H2,(H,28,31). The molecule has 5 nitrogen and oxygen atoms in total. The van der Waals surface area contributed by atoms with E-state index in [1.165, 1.54) is 11.3 Å². The number of ether oxygens (including phenoxy) is 1. The highest BCUT2D eigenvalue weighted by molar-refractivity contribution is 7.12. The largest absolute Gasteiger partial charge is 0.737 e. The first-order valence-electron chi connectivity index (χ1n) is 10.3. The fourth-order valence-corrected chi connectivity index (χ4v) is 4.80. The lowest BCUT2D eigenvalue weighted by molar-refractivity contribution is -0.359. The molecule has 5 rings (SSSR count). The minimum absolute atomic E-state index is 0.130. The molecule has 0 saturated heterocycles. The molecule has 2 aromatic heterocycles. The van der Waals surface area contributed by atoms with Crippen LogP contribution in [0.15, 0.2) is 71.8 Å². The number of aromatic nitrogens is 1. The molecule has 1 amide bonds. The second kappa shape index (κ2) is 8.22. The van der Waals surface area contributed by atoms with Crippen molar-refractivity contribution in [2.24, 2.45) is 0 Å². The van der Waals surface area contributed by atoms with Crippen LogP contribution in [0.25, 0.3) is 17.3 Å². The third-order valence-corrected chi connectivity index (χ3v) is 6.39. The van der Waals surface area contributed by atoms with Crippen LogP contribution in [0, 0.1) is 12.3 Å². The first-order chi connectivity index (χ1) is 16.0. The van der Waals surface area contributed by atoms with Gasteiger partial charge in [0.15, 0.2) is 18.0 Å². The number of carbonyl (C=O) groups excluding carboxylic acids is 1. The lowest BCUT2D eigenvalue weighted by Gasteiger charge is -2.30. The molecule has 3 aromatic rings. The molecule has 0 fully saturated rings. The number of allylic oxidation sites excluding steroid dienone is 2. The van der Waals surface area contributed by atoms with Crippen molar-refractivity contribution in [3.8, 4) is 29.4 Å². The number of hydrogen-bond acceptors (Lipinski definition) is 3. The van der Waals surface area contributed by atoms with E-state index in [4.69, 9.17) is 11.2 Å². The van der Waals surface area contributed by atoms with Gasteiger partial charge in [0.05, 0.1) is 11.4 Å². The third-order valence-electron chi connectivity index (χ3n) is 5.50. The molecule has 1 N–H and O–H groups in total. The molecule has 0 saturated carbocycles. The number of nitrogens with one attached hydrogen (secondary N) is 1. The molecule has 164 valence electrons. The second-order valence-electron chi connectivity index (χ2n) is 7.53. The first kappa shape index (κ1) is 21.0. The molecule has 0 unspecified atom stereocenters. The SMILES string of the molecule is C#CCNC(=O)COc1ccc(-c2ccc3n2[B-](F)(F)[N+]2=C(c4cccs4)C=CC2=C3)cc1. The van der Waals surface area contributed by atoms with Crippen molar-refractivity contribution in [3.63, 3.8) is 0 Å². The van der Waals surface area contributed by atoms with E-state index in [-0.39, 0.29) is 19.1 Å². The fourth-order valence-electron chi connectivity index (χ4n) is 4.06. The molecule has 0 spiro atoms. The van der Waals surface area contributed by atoms with Crippen molar-refractivity contribution in [2.45, 2.75) is 0 Å². The maximum absolute atomic E-state index is 15.9. The number of hydrogen-bond donors (Lipinski definition) is 1. The maximum atomic E-state index is 15.9. The Morgan fingerprint density at radius 2 is 2.00 bits per heavy atom. The Morgan fingerprint density at radius 3 is 2.73 bits per heavy atom. The molecular weight excluding hydrogens is 443 g/mol. The summed E-state index contributed by atoms with van der Waals surface area (Å²) in [5.41, 5.74) is 2.45. The molecule has 0 aliphatic carbocycles. The lowest BCUT2D eigenvalue weighted by atomic mass is 9.90. The molecule has 0 atom stereocenters. The Labute approximate surface area is 193 Å². The van der Waals surface area contributed by atoms with Crippen LogP contribution in [0.2, 0.25) is 0 Å². The molecular formula is C24H18BF2N3O2S. The lowest BCUT2D eigenvalue weighted by Crippen LogP contribution is -2.50. The van der Waals surface area contributed by atoms with Crippen LogP contribution in [0.3, 0.4) is 0 Å². The number of thiophene rings is 1. The summed E-state index contributed by atoms with van der Waals surface area (Å²) in [6.45, 7) is -4.16. The normalized spacial score (nSPS) is 15.5. The number of amides is 1. The van der Waals surface area contributed by atoms with Gasteiger partial charge >= 0.3 is 6.97 Å². The van der Waals surface area contributed by atoms with E-state index in [0.29, 0.717) is 34.1 Å². The number of benzene rings is 1. The molecule has 2 aliphatic rings. The van der Waals surface area contributed by atoms with Crippen LogP contribution < -0.4 is 10.1 Å². The zero-order valence-electron chi connectivity index (χ0n) is 17.4. The van der Waals surface area contributed by atoms with Crippen molar-refractivity contribution >= 4 is 36.0 Å². The number of rotatable bonds is 6. The number of carbonyl (C=O) groups is 1. The van der Waals surface area contributed by atoms with E-state index >= 15 is 8.63 Å². The van der Waals surface area contributed by atoms with Crippen molar-refractivity contribution in [3.05, 3.63) is 82.3 Å². The Hall–Kier alpha value is -3.90. The van der Waals surface area contributed by atoms with Crippen molar-refractivity contribution in [2.75, 3.05) is 13.2 Å². The Morgan fingerprint density at radius 1 is 1.18 bits per heavy atom. The van der Waals surface area contributed by atoms with Gasteiger partial charge < -0.3 is 27.6 Å². The molecule has 4 heterocycles. The summed E-state index contributed by atoms with van der Waals surface area (Å²) >= 11 is 1.43. The second-order valence-corrected chi connectivity index (χ2v) is 8.48. The number of fused-ring (bicyclic) bond motifs is 2. The van der Waals surface area contributed by atoms with E-state index in [1.54, 1.807) is 54.6 Å². The minimum atomic E-state index is -4.11. The average Bonchev–Trinajstić information content (AvgIpc) is 3.56. The Balaban J connectivity index is 1.45. The molecule has 33 heavy (non-hydrogen) atoms. The van der Waals surface area contributed by atoms with Gasteiger partial charge in [-0.15, -0.1) is 17.8 Å². The van der Waals surface area contributed by atoms with Gasteiger partial charge in [-0.05, 0) is 53.4 Å². The van der Waals surface area contributed by atoms with Gasteiger partial charge in [-0.2, -0.15) is 0 Å². The van der Waals surface area contributed by atoms with E-state index in [9.17, 15) is 4.79 Å². The summed E-state index contributed by atoms with van der Waals surface area (Å²) in [5.74, 6) is 2.44. The van der Waals surface area contributed by atoms with Gasteiger partial charge in [0.2, 0.25) is 0 Å². The fraction of sp³-hybridized carbons (Fsp3) is 0.0833. The number of terminal acetylenes is 1. The molecule has 0 bridgehead atoms. The Bertz CT molecular complexity index is 1360. The van der Waals surface area contributed by atoms with Crippen LogP contribution in [0.5, 0.6) is 5.75 Å². The van der Waals surface area contributed by atoms with Gasteiger partial charge in [0.1, 0.15) is 5.75 Å². The highest BCUT2D eigenvalue weighted by atomic mass is 32.1. The molecule has 9 heteroatoms. The van der Waals surface area contributed by atoms with E-state index in [2.05, 4.69) is 11.2 Å². The average molecular weight is 461 g/mol. The summed E-state index contributed by atoms with van der Waals surface area (Å²) in [6, 6.07) is 13.8. The Kier molecular flexibility index (Phi) is 5.23. The highest BCUT2D eigenvalue weighted by Gasteiger charge is 2.52. The topological polar surface area (TPSA) is 46.3 Å². The quantitative estimate of drug-likeness (QED) is 0.446. The first-order valence-corrected chi connectivity index (χ1v) is 11.1. The predicted octanol–water partition coefficient (Wildman–Crippen LogP) is 3.99. The van der Waals surface area contributed by atoms with Gasteiger partial charge in [-0.3, -0.25) is 4.79 Å². The van der Waals surface area contributed by atoms with Gasteiger partial charge in [0, 0.05) is 29.6 Å². The molecule has 0 radical (unpaired) electrons. The molecule has 2 aliphatic heterocycles. The van der Waals surface area contributed by atoms with Crippen LogP contribution in [0.1, 0.15) is 10.6 Å². The van der Waals surface area contributed by atoms with E-state index in [0.717, 1.165) is 13.8 Å². The van der Waals surface area contributed by atoms with Crippen molar-refractivity contribution in [1.29, 1.82) is 0 Å². The summed E-state index contributed by atoms with van der Waals surface area (Å²) in [5, 5.41) is 4.39. The zero-order chi connectivity index (χ0) is 23.0. The van der Waals surface area contributed by atoms with Crippen LogP contribution in [0.4, 0.5) is 8.63 Å². The summed E-state index contributed by atoms with van der Waals surface area (Å²) in [7, 11) is 0. The molecule has 1 aromatic carbocycles.